The van der Waals surface area contributed by atoms with Crippen LogP contribution >= 0.6 is 0 Å². The van der Waals surface area contributed by atoms with E-state index in [9.17, 15) is 14.0 Å². The number of piperidine rings is 2. The molecule has 206 valence electrons. The maximum atomic E-state index is 13.5. The number of amides is 1. The molecule has 1 aromatic carbocycles. The lowest BCUT2D eigenvalue weighted by Gasteiger charge is -2.48. The fourth-order valence-electron chi connectivity index (χ4n) is 5.62. The molecule has 0 spiro atoms. The topological polar surface area (TPSA) is 75.9 Å². The lowest BCUT2D eigenvalue weighted by Crippen LogP contribution is -2.63. The zero-order valence-corrected chi connectivity index (χ0v) is 22.7. The minimum Gasteiger partial charge on any atom is -0.426 e. The predicted molar refractivity (Wildman–Crippen MR) is 146 cm³/mol. The molecule has 37 heavy (non-hydrogen) atoms. The monoisotopic (exact) mass is 515 g/mol. The van der Waals surface area contributed by atoms with Gasteiger partial charge >= 0.3 is 5.97 Å². The molecule has 0 saturated carbocycles. The van der Waals surface area contributed by atoms with Crippen molar-refractivity contribution in [2.75, 3.05) is 32.7 Å². The third-order valence-electron chi connectivity index (χ3n) is 7.97. The summed E-state index contributed by atoms with van der Waals surface area (Å²) in [6.07, 6.45) is 14.7. The van der Waals surface area contributed by atoms with E-state index in [1.807, 2.05) is 6.08 Å². The highest BCUT2D eigenvalue weighted by Crippen LogP contribution is 2.31. The molecule has 1 aromatic rings. The summed E-state index contributed by atoms with van der Waals surface area (Å²) in [5, 5.41) is 0. The number of primary amides is 1. The predicted octanol–water partition coefficient (Wildman–Crippen LogP) is 5.66. The van der Waals surface area contributed by atoms with Gasteiger partial charge in [0.15, 0.2) is 0 Å². The standard InChI is InChI=1S/C30H46FN3O3/c1-2-3-4-5-6-8-13-28(35)37-27(25-14-16-26(31)17-15-25)12-11-20-33-23-18-30(19-24-33,29(32)36)34-21-9-7-10-22-34/h12,14-17H,2-11,13,18-24H2,1H3,(H2,32,36)/b27-12-. The van der Waals surface area contributed by atoms with Crippen molar-refractivity contribution in [2.24, 2.45) is 5.73 Å². The highest BCUT2D eigenvalue weighted by Gasteiger charge is 2.44. The van der Waals surface area contributed by atoms with Crippen LogP contribution in [0.4, 0.5) is 4.39 Å². The van der Waals surface area contributed by atoms with Gasteiger partial charge in [-0.15, -0.1) is 0 Å². The highest BCUT2D eigenvalue weighted by atomic mass is 19.1. The van der Waals surface area contributed by atoms with E-state index in [4.69, 9.17) is 10.5 Å². The Kier molecular flexibility index (Phi) is 12.1. The van der Waals surface area contributed by atoms with Crippen LogP contribution in [0.15, 0.2) is 30.3 Å². The van der Waals surface area contributed by atoms with Crippen molar-refractivity contribution in [2.45, 2.75) is 95.9 Å². The minimum atomic E-state index is -0.516. The molecule has 2 heterocycles. The molecule has 2 saturated heterocycles. The van der Waals surface area contributed by atoms with E-state index in [0.717, 1.165) is 77.7 Å². The molecule has 3 rings (SSSR count). The van der Waals surface area contributed by atoms with Crippen LogP contribution in [0, 0.1) is 5.82 Å². The lowest BCUT2D eigenvalue weighted by atomic mass is 9.83. The number of nitrogens with two attached hydrogens (primary N) is 1. The Morgan fingerprint density at radius 2 is 1.62 bits per heavy atom. The van der Waals surface area contributed by atoms with Crippen molar-refractivity contribution < 1.29 is 18.7 Å². The third-order valence-corrected chi connectivity index (χ3v) is 7.97. The number of carbonyl (C=O) groups excluding carboxylic acids is 2. The van der Waals surface area contributed by atoms with E-state index in [0.29, 0.717) is 24.2 Å². The molecule has 0 radical (unpaired) electrons. The van der Waals surface area contributed by atoms with Crippen molar-refractivity contribution in [1.29, 1.82) is 0 Å². The van der Waals surface area contributed by atoms with Crippen LogP contribution in [0.25, 0.3) is 5.76 Å². The van der Waals surface area contributed by atoms with Gasteiger partial charge in [0.2, 0.25) is 5.91 Å². The third kappa shape index (κ3) is 8.92. The molecule has 0 atom stereocenters. The SMILES string of the molecule is CCCCCCCCC(=O)O/C(=C\CCN1CCC(C(N)=O)(N2CCCCC2)CC1)c1ccc(F)cc1. The van der Waals surface area contributed by atoms with Crippen molar-refractivity contribution in [3.63, 3.8) is 0 Å². The van der Waals surface area contributed by atoms with Crippen LogP contribution in [-0.4, -0.2) is 59.9 Å². The van der Waals surface area contributed by atoms with Gasteiger partial charge in [-0.3, -0.25) is 14.5 Å². The van der Waals surface area contributed by atoms with Crippen LogP contribution < -0.4 is 5.73 Å². The number of unbranched alkanes of at least 4 members (excludes halogenated alkanes) is 5. The Morgan fingerprint density at radius 3 is 2.27 bits per heavy atom. The summed E-state index contributed by atoms with van der Waals surface area (Å²) in [7, 11) is 0. The fraction of sp³-hybridized carbons (Fsp3) is 0.667. The summed E-state index contributed by atoms with van der Waals surface area (Å²) in [6.45, 7) is 6.53. The summed E-state index contributed by atoms with van der Waals surface area (Å²) in [6, 6.07) is 6.08. The molecule has 0 aliphatic carbocycles. The number of likely N-dealkylation sites (tertiary alicyclic amines) is 2. The molecule has 2 fully saturated rings. The lowest BCUT2D eigenvalue weighted by molar-refractivity contribution is -0.137. The molecule has 0 aromatic heterocycles. The number of nitrogens with zero attached hydrogens (tertiary/aromatic N) is 2. The minimum absolute atomic E-state index is 0.190. The molecule has 0 unspecified atom stereocenters. The quantitative estimate of drug-likeness (QED) is 0.197. The van der Waals surface area contributed by atoms with Gasteiger partial charge in [0, 0.05) is 31.6 Å². The molecule has 0 bridgehead atoms. The van der Waals surface area contributed by atoms with Crippen LogP contribution in [0.3, 0.4) is 0 Å². The van der Waals surface area contributed by atoms with Crippen LogP contribution in [0.2, 0.25) is 0 Å². The number of benzene rings is 1. The zero-order chi connectivity index (χ0) is 26.5. The first-order valence-corrected chi connectivity index (χ1v) is 14.4. The first-order valence-electron chi connectivity index (χ1n) is 14.4. The van der Waals surface area contributed by atoms with Crippen molar-refractivity contribution >= 4 is 17.6 Å². The van der Waals surface area contributed by atoms with Crippen LogP contribution in [0.1, 0.15) is 96.0 Å². The van der Waals surface area contributed by atoms with Gasteiger partial charge < -0.3 is 15.4 Å². The smallest absolute Gasteiger partial charge is 0.311 e. The first kappa shape index (κ1) is 29.3. The van der Waals surface area contributed by atoms with Crippen molar-refractivity contribution in [3.8, 4) is 0 Å². The number of carbonyl (C=O) groups is 2. The van der Waals surface area contributed by atoms with Gasteiger partial charge in [-0.05, 0) is 82.0 Å². The number of esters is 1. The van der Waals surface area contributed by atoms with Crippen molar-refractivity contribution in [3.05, 3.63) is 41.7 Å². The van der Waals surface area contributed by atoms with E-state index >= 15 is 0 Å². The van der Waals surface area contributed by atoms with Crippen molar-refractivity contribution in [1.82, 2.24) is 9.80 Å². The second-order valence-corrected chi connectivity index (χ2v) is 10.6. The first-order chi connectivity index (χ1) is 17.9. The average Bonchev–Trinajstić information content (AvgIpc) is 2.91. The summed E-state index contributed by atoms with van der Waals surface area (Å²) in [5.41, 5.74) is 6.11. The molecule has 1 amide bonds. The Balaban J connectivity index is 1.53. The van der Waals surface area contributed by atoms with Gasteiger partial charge in [-0.25, -0.2) is 4.39 Å². The Morgan fingerprint density at radius 1 is 0.973 bits per heavy atom. The second kappa shape index (κ2) is 15.2. The van der Waals surface area contributed by atoms with Gasteiger partial charge in [-0.1, -0.05) is 45.4 Å². The number of ether oxygens (including phenoxy) is 1. The second-order valence-electron chi connectivity index (χ2n) is 10.6. The van der Waals surface area contributed by atoms with Crippen LogP contribution in [0.5, 0.6) is 0 Å². The molecular weight excluding hydrogens is 469 g/mol. The average molecular weight is 516 g/mol. The maximum absolute atomic E-state index is 13.5. The van der Waals surface area contributed by atoms with Gasteiger partial charge in [0.1, 0.15) is 17.1 Å². The Labute approximate surface area is 222 Å². The molecule has 2 N–H and O–H groups in total. The summed E-state index contributed by atoms with van der Waals surface area (Å²) >= 11 is 0. The van der Waals surface area contributed by atoms with Crippen LogP contribution in [-0.2, 0) is 14.3 Å². The van der Waals surface area contributed by atoms with Gasteiger partial charge in [0.25, 0.3) is 0 Å². The number of halogens is 1. The molecule has 2 aliphatic rings. The number of hydrogen-bond acceptors (Lipinski definition) is 5. The normalized spacial score (nSPS) is 19.0. The largest absolute Gasteiger partial charge is 0.426 e. The molecule has 6 nitrogen and oxygen atoms in total. The maximum Gasteiger partial charge on any atom is 0.311 e. The summed E-state index contributed by atoms with van der Waals surface area (Å²) in [5.74, 6) is -0.254. The number of rotatable bonds is 14. The Hall–Kier alpha value is -2.25. The van der Waals surface area contributed by atoms with Gasteiger partial charge in [0.05, 0.1) is 0 Å². The Bertz CT molecular complexity index is 873. The van der Waals surface area contributed by atoms with E-state index in [-0.39, 0.29) is 17.7 Å². The van der Waals surface area contributed by atoms with E-state index in [2.05, 4.69) is 16.7 Å². The van der Waals surface area contributed by atoms with Gasteiger partial charge in [-0.2, -0.15) is 0 Å². The summed E-state index contributed by atoms with van der Waals surface area (Å²) < 4.78 is 19.2. The van der Waals surface area contributed by atoms with E-state index in [1.165, 1.54) is 37.8 Å². The number of hydrogen-bond donors (Lipinski definition) is 1. The molecule has 7 heteroatoms. The van der Waals surface area contributed by atoms with E-state index < -0.39 is 5.54 Å². The molecular formula is C30H46FN3O3. The zero-order valence-electron chi connectivity index (χ0n) is 22.7. The molecule has 2 aliphatic heterocycles. The fourth-order valence-corrected chi connectivity index (χ4v) is 5.62. The summed E-state index contributed by atoms with van der Waals surface area (Å²) in [4.78, 5) is 29.7. The van der Waals surface area contributed by atoms with E-state index in [1.54, 1.807) is 12.1 Å². The highest BCUT2D eigenvalue weighted by molar-refractivity contribution is 5.85.